The number of nitrogens with two attached hydrogens (primary N) is 1. The number of nitrogens with zero attached hydrogens (tertiary/aromatic N) is 4. The van der Waals surface area contributed by atoms with E-state index in [0.29, 0.717) is 17.7 Å². The summed E-state index contributed by atoms with van der Waals surface area (Å²) < 4.78 is 3.18. The van der Waals surface area contributed by atoms with Gasteiger partial charge in [-0.2, -0.15) is 4.98 Å². The molecule has 0 amide bonds. The zero-order valence-corrected chi connectivity index (χ0v) is 9.47. The van der Waals surface area contributed by atoms with Gasteiger partial charge in [-0.05, 0) is 6.42 Å². The van der Waals surface area contributed by atoms with Crippen LogP contribution in [0.2, 0.25) is 0 Å². The molecule has 0 spiro atoms. The zero-order chi connectivity index (χ0) is 11.7. The third-order valence-corrected chi connectivity index (χ3v) is 2.60. The maximum atomic E-state index is 12.1. The molecule has 6 nitrogen and oxygen atoms in total. The van der Waals surface area contributed by atoms with Gasteiger partial charge >= 0.3 is 0 Å². The van der Waals surface area contributed by atoms with Crippen molar-refractivity contribution >= 4 is 17.1 Å². The second-order valence-corrected chi connectivity index (χ2v) is 3.81. The topological polar surface area (TPSA) is 78.7 Å². The highest BCUT2D eigenvalue weighted by molar-refractivity contribution is 5.70. The fourth-order valence-corrected chi connectivity index (χ4v) is 1.68. The first-order valence-electron chi connectivity index (χ1n) is 5.32. The summed E-state index contributed by atoms with van der Waals surface area (Å²) in [5.74, 6) is 0.240. The van der Waals surface area contributed by atoms with Crippen molar-refractivity contribution in [2.75, 3.05) is 5.73 Å². The third kappa shape index (κ3) is 1.56. The number of nitrogen functional groups attached to an aromatic ring is 1. The summed E-state index contributed by atoms with van der Waals surface area (Å²) in [5, 5.41) is 0. The summed E-state index contributed by atoms with van der Waals surface area (Å²) in [6.45, 7) is 2.67. The van der Waals surface area contributed by atoms with Crippen molar-refractivity contribution in [2.24, 2.45) is 7.05 Å². The normalized spacial score (nSPS) is 11.1. The molecule has 0 bridgehead atoms. The van der Waals surface area contributed by atoms with Gasteiger partial charge < -0.3 is 10.3 Å². The molecule has 0 fully saturated rings. The SMILES string of the molecule is CCCCn1c(N)nc2ncn(C)c2c1=O. The molecular formula is C10H15N5O. The Labute approximate surface area is 92.7 Å². The maximum Gasteiger partial charge on any atom is 0.281 e. The summed E-state index contributed by atoms with van der Waals surface area (Å²) in [6.07, 6.45) is 3.49. The molecular weight excluding hydrogens is 206 g/mol. The number of imidazole rings is 1. The highest BCUT2D eigenvalue weighted by atomic mass is 16.1. The van der Waals surface area contributed by atoms with Crippen LogP contribution in [0.25, 0.3) is 11.2 Å². The van der Waals surface area contributed by atoms with Crippen LogP contribution in [0.4, 0.5) is 5.95 Å². The fourth-order valence-electron chi connectivity index (χ4n) is 1.68. The Morgan fingerprint density at radius 3 is 2.94 bits per heavy atom. The lowest BCUT2D eigenvalue weighted by atomic mass is 10.3. The zero-order valence-electron chi connectivity index (χ0n) is 9.47. The molecule has 0 saturated carbocycles. The number of aryl methyl sites for hydroxylation is 1. The molecule has 2 N–H and O–H groups in total. The Bertz CT molecular complexity index is 568. The molecule has 2 rings (SSSR count). The molecule has 0 atom stereocenters. The number of unbranched alkanes of at least 4 members (excludes halogenated alkanes) is 1. The number of hydrogen-bond donors (Lipinski definition) is 1. The van der Waals surface area contributed by atoms with Gasteiger partial charge in [-0.1, -0.05) is 13.3 Å². The Kier molecular flexibility index (Phi) is 2.64. The Balaban J connectivity index is 2.64. The highest BCUT2D eigenvalue weighted by Gasteiger charge is 2.11. The Morgan fingerprint density at radius 2 is 2.25 bits per heavy atom. The minimum absolute atomic E-state index is 0.115. The van der Waals surface area contributed by atoms with Crippen LogP contribution in [0.1, 0.15) is 19.8 Å². The lowest BCUT2D eigenvalue weighted by Gasteiger charge is -2.07. The van der Waals surface area contributed by atoms with Gasteiger partial charge in [0.25, 0.3) is 5.56 Å². The van der Waals surface area contributed by atoms with Gasteiger partial charge in [0.2, 0.25) is 5.95 Å². The van der Waals surface area contributed by atoms with E-state index in [4.69, 9.17) is 5.73 Å². The van der Waals surface area contributed by atoms with E-state index in [0.717, 1.165) is 12.8 Å². The van der Waals surface area contributed by atoms with Crippen molar-refractivity contribution in [3.8, 4) is 0 Å². The number of fused-ring (bicyclic) bond motifs is 1. The molecule has 0 unspecified atom stereocenters. The van der Waals surface area contributed by atoms with Crippen LogP contribution in [0, 0.1) is 0 Å². The highest BCUT2D eigenvalue weighted by Crippen LogP contribution is 2.07. The van der Waals surface area contributed by atoms with Crippen LogP contribution in [0.15, 0.2) is 11.1 Å². The van der Waals surface area contributed by atoms with Crippen LogP contribution in [0.3, 0.4) is 0 Å². The second-order valence-electron chi connectivity index (χ2n) is 3.81. The van der Waals surface area contributed by atoms with Gasteiger partial charge in [-0.15, -0.1) is 0 Å². The monoisotopic (exact) mass is 221 g/mol. The number of anilines is 1. The summed E-state index contributed by atoms with van der Waals surface area (Å²) >= 11 is 0. The predicted molar refractivity (Wildman–Crippen MR) is 62.1 cm³/mol. The summed E-state index contributed by atoms with van der Waals surface area (Å²) in [4.78, 5) is 20.3. The largest absolute Gasteiger partial charge is 0.369 e. The van der Waals surface area contributed by atoms with Crippen molar-refractivity contribution < 1.29 is 0 Å². The molecule has 86 valence electrons. The second kappa shape index (κ2) is 3.96. The van der Waals surface area contributed by atoms with E-state index in [2.05, 4.69) is 16.9 Å². The van der Waals surface area contributed by atoms with E-state index < -0.39 is 0 Å². The van der Waals surface area contributed by atoms with E-state index in [1.165, 1.54) is 4.57 Å². The van der Waals surface area contributed by atoms with Crippen LogP contribution in [-0.4, -0.2) is 19.1 Å². The molecule has 0 aliphatic carbocycles. The van der Waals surface area contributed by atoms with Gasteiger partial charge in [0.1, 0.15) is 0 Å². The van der Waals surface area contributed by atoms with Gasteiger partial charge in [0, 0.05) is 13.6 Å². The maximum absolute atomic E-state index is 12.1. The molecule has 2 aromatic heterocycles. The van der Waals surface area contributed by atoms with Crippen molar-refractivity contribution in [2.45, 2.75) is 26.3 Å². The van der Waals surface area contributed by atoms with Crippen LogP contribution in [0.5, 0.6) is 0 Å². The van der Waals surface area contributed by atoms with E-state index >= 15 is 0 Å². The lowest BCUT2D eigenvalue weighted by molar-refractivity contribution is 0.615. The fraction of sp³-hybridized carbons (Fsp3) is 0.500. The first kappa shape index (κ1) is 10.7. The van der Waals surface area contributed by atoms with Crippen LogP contribution >= 0.6 is 0 Å². The van der Waals surface area contributed by atoms with E-state index in [-0.39, 0.29) is 11.5 Å². The van der Waals surface area contributed by atoms with Crippen molar-refractivity contribution in [3.63, 3.8) is 0 Å². The Hall–Kier alpha value is -1.85. The first-order chi connectivity index (χ1) is 7.65. The summed E-state index contributed by atoms with van der Waals surface area (Å²) in [5.41, 5.74) is 6.54. The molecule has 0 aliphatic rings. The van der Waals surface area contributed by atoms with Crippen LogP contribution in [-0.2, 0) is 13.6 Å². The third-order valence-electron chi connectivity index (χ3n) is 2.60. The van der Waals surface area contributed by atoms with Gasteiger partial charge in [0.15, 0.2) is 11.2 Å². The van der Waals surface area contributed by atoms with Gasteiger partial charge in [0.05, 0.1) is 6.33 Å². The van der Waals surface area contributed by atoms with Crippen LogP contribution < -0.4 is 11.3 Å². The average molecular weight is 221 g/mol. The standard InChI is InChI=1S/C10H15N5O/c1-3-4-5-15-9(16)7-8(13-10(15)11)12-6-14(7)2/h6H,3-5H2,1-2H3,(H2,11,13). The average Bonchev–Trinajstić information content (AvgIpc) is 2.60. The first-order valence-corrected chi connectivity index (χ1v) is 5.32. The quantitative estimate of drug-likeness (QED) is 0.819. The van der Waals surface area contributed by atoms with E-state index in [9.17, 15) is 4.79 Å². The van der Waals surface area contributed by atoms with E-state index in [1.54, 1.807) is 17.9 Å². The number of hydrogen-bond acceptors (Lipinski definition) is 4. The molecule has 0 radical (unpaired) electrons. The molecule has 16 heavy (non-hydrogen) atoms. The molecule has 2 aromatic rings. The minimum atomic E-state index is -0.115. The van der Waals surface area contributed by atoms with Crippen molar-refractivity contribution in [1.29, 1.82) is 0 Å². The van der Waals surface area contributed by atoms with Gasteiger partial charge in [-0.3, -0.25) is 9.36 Å². The molecule has 2 heterocycles. The number of aromatic nitrogens is 4. The molecule has 6 heteroatoms. The Morgan fingerprint density at radius 1 is 1.50 bits per heavy atom. The number of rotatable bonds is 3. The molecule has 0 saturated heterocycles. The lowest BCUT2D eigenvalue weighted by Crippen LogP contribution is -2.25. The van der Waals surface area contributed by atoms with Crippen molar-refractivity contribution in [3.05, 3.63) is 16.7 Å². The van der Waals surface area contributed by atoms with E-state index in [1.807, 2.05) is 0 Å². The minimum Gasteiger partial charge on any atom is -0.369 e. The van der Waals surface area contributed by atoms with Gasteiger partial charge in [-0.25, -0.2) is 4.98 Å². The summed E-state index contributed by atoms with van der Waals surface area (Å²) in [6, 6.07) is 0. The summed E-state index contributed by atoms with van der Waals surface area (Å²) in [7, 11) is 1.78. The van der Waals surface area contributed by atoms with Crippen molar-refractivity contribution in [1.82, 2.24) is 19.1 Å². The predicted octanol–water partition coefficient (Wildman–Crippen LogP) is 0.512. The smallest absolute Gasteiger partial charge is 0.281 e. The molecule has 0 aliphatic heterocycles. The molecule has 0 aromatic carbocycles.